The number of carbonyl (C=O) groups excluding carboxylic acids is 1. The Balaban J connectivity index is 1.96. The van der Waals surface area contributed by atoms with Gasteiger partial charge in [0.1, 0.15) is 0 Å². The molecule has 2 rings (SSSR count). The molecule has 1 aromatic rings. The Hall–Kier alpha value is -1.37. The van der Waals surface area contributed by atoms with Gasteiger partial charge < -0.3 is 10.0 Å². The Kier molecular flexibility index (Phi) is 4.24. The minimum atomic E-state index is -0.849. The van der Waals surface area contributed by atoms with Gasteiger partial charge in [0.2, 0.25) is 0 Å². The van der Waals surface area contributed by atoms with Crippen LogP contribution in [-0.4, -0.2) is 45.7 Å². The van der Waals surface area contributed by atoms with Crippen molar-refractivity contribution in [2.75, 3.05) is 13.6 Å². The molecule has 0 bridgehead atoms. The van der Waals surface area contributed by atoms with Crippen LogP contribution >= 0.6 is 15.9 Å². The molecule has 0 aliphatic heterocycles. The summed E-state index contributed by atoms with van der Waals surface area (Å²) in [5.74, 6) is -0.557. The molecule has 1 saturated carbocycles. The number of aliphatic carboxylic acids is 1. The number of rotatable bonds is 6. The van der Waals surface area contributed by atoms with Gasteiger partial charge in [-0.2, -0.15) is 5.10 Å². The summed E-state index contributed by atoms with van der Waals surface area (Å²) in [6.07, 6.45) is 2.76. The number of aromatic amines is 1. The summed E-state index contributed by atoms with van der Waals surface area (Å²) in [5, 5.41) is 15.5. The highest BCUT2D eigenvalue weighted by Crippen LogP contribution is 2.42. The third-order valence-corrected chi connectivity index (χ3v) is 3.95. The molecular weight excluding hydrogens is 314 g/mol. The number of nitrogens with zero attached hydrogens (tertiary/aromatic N) is 2. The number of hydrogen-bond acceptors (Lipinski definition) is 3. The highest BCUT2D eigenvalue weighted by molar-refractivity contribution is 9.10. The third-order valence-electron chi connectivity index (χ3n) is 3.15. The Morgan fingerprint density at radius 3 is 2.79 bits per heavy atom. The van der Waals surface area contributed by atoms with Crippen LogP contribution in [0.5, 0.6) is 0 Å². The Morgan fingerprint density at radius 1 is 1.53 bits per heavy atom. The maximum Gasteiger partial charge on any atom is 0.303 e. The topological polar surface area (TPSA) is 86.3 Å². The van der Waals surface area contributed by atoms with Gasteiger partial charge in [-0.25, -0.2) is 0 Å². The molecule has 2 N–H and O–H groups in total. The SMILES string of the molecule is CN(CCCC(=O)O)C(=O)c1n[nH]c(C2CC2)c1Br. The zero-order valence-electron chi connectivity index (χ0n) is 10.6. The molecule has 0 aromatic carbocycles. The largest absolute Gasteiger partial charge is 0.481 e. The van der Waals surface area contributed by atoms with Crippen molar-refractivity contribution in [3.05, 3.63) is 15.9 Å². The first-order valence-electron chi connectivity index (χ1n) is 6.21. The lowest BCUT2D eigenvalue weighted by molar-refractivity contribution is -0.137. The van der Waals surface area contributed by atoms with Crippen LogP contribution < -0.4 is 0 Å². The van der Waals surface area contributed by atoms with E-state index in [-0.39, 0.29) is 12.3 Å². The molecule has 1 amide bonds. The van der Waals surface area contributed by atoms with Crippen LogP contribution in [0.1, 0.15) is 47.8 Å². The normalized spacial score (nSPS) is 14.4. The summed E-state index contributed by atoms with van der Waals surface area (Å²) in [7, 11) is 1.65. The van der Waals surface area contributed by atoms with Crippen LogP contribution in [0.3, 0.4) is 0 Å². The van der Waals surface area contributed by atoms with E-state index >= 15 is 0 Å². The van der Waals surface area contributed by atoms with Crippen molar-refractivity contribution >= 4 is 27.8 Å². The molecule has 0 atom stereocenters. The number of halogens is 1. The van der Waals surface area contributed by atoms with Gasteiger partial charge in [0, 0.05) is 25.9 Å². The predicted octanol–water partition coefficient (Wildman–Crippen LogP) is 1.99. The van der Waals surface area contributed by atoms with Crippen molar-refractivity contribution in [3.63, 3.8) is 0 Å². The zero-order valence-corrected chi connectivity index (χ0v) is 12.2. The Morgan fingerprint density at radius 2 is 2.21 bits per heavy atom. The van der Waals surface area contributed by atoms with Gasteiger partial charge >= 0.3 is 5.97 Å². The molecule has 1 fully saturated rings. The number of carbonyl (C=O) groups is 2. The quantitative estimate of drug-likeness (QED) is 0.835. The molecule has 0 unspecified atom stereocenters. The molecule has 0 saturated heterocycles. The third kappa shape index (κ3) is 3.34. The fourth-order valence-electron chi connectivity index (χ4n) is 1.88. The molecule has 1 heterocycles. The van der Waals surface area contributed by atoms with Crippen molar-refractivity contribution in [2.24, 2.45) is 0 Å². The number of nitrogens with one attached hydrogen (secondary N) is 1. The van der Waals surface area contributed by atoms with Gasteiger partial charge in [-0.05, 0) is 35.2 Å². The van der Waals surface area contributed by atoms with Gasteiger partial charge in [-0.1, -0.05) is 0 Å². The van der Waals surface area contributed by atoms with Crippen LogP contribution in [0.15, 0.2) is 4.47 Å². The number of aromatic nitrogens is 2. The summed E-state index contributed by atoms with van der Waals surface area (Å²) in [5.41, 5.74) is 1.36. The van der Waals surface area contributed by atoms with Gasteiger partial charge in [0.05, 0.1) is 10.2 Å². The number of amides is 1. The summed E-state index contributed by atoms with van der Waals surface area (Å²) < 4.78 is 0.741. The van der Waals surface area contributed by atoms with Gasteiger partial charge in [0.15, 0.2) is 5.69 Å². The van der Waals surface area contributed by atoms with Gasteiger partial charge in [0.25, 0.3) is 5.91 Å². The van der Waals surface area contributed by atoms with E-state index < -0.39 is 5.97 Å². The molecule has 1 aliphatic carbocycles. The van der Waals surface area contributed by atoms with E-state index in [2.05, 4.69) is 26.1 Å². The highest BCUT2D eigenvalue weighted by Gasteiger charge is 2.31. The molecule has 0 spiro atoms. The molecule has 1 aromatic heterocycles. The number of H-pyrrole nitrogens is 1. The average Bonchev–Trinajstić information content (AvgIpc) is 3.11. The van der Waals surface area contributed by atoms with Gasteiger partial charge in [-0.3, -0.25) is 14.7 Å². The fourth-order valence-corrected chi connectivity index (χ4v) is 2.55. The van der Waals surface area contributed by atoms with E-state index in [9.17, 15) is 9.59 Å². The van der Waals surface area contributed by atoms with Crippen LogP contribution in [0.2, 0.25) is 0 Å². The average molecular weight is 330 g/mol. The predicted molar refractivity (Wildman–Crippen MR) is 72.1 cm³/mol. The fraction of sp³-hybridized carbons (Fsp3) is 0.583. The standard InChI is InChI=1S/C12H16BrN3O3/c1-16(6-2-3-8(17)18)12(19)11-9(13)10(14-15-11)7-4-5-7/h7H,2-6H2,1H3,(H,14,15)(H,17,18). The second-order valence-corrected chi connectivity index (χ2v) is 5.59. The Bertz CT molecular complexity index is 496. The van der Waals surface area contributed by atoms with Crippen molar-refractivity contribution in [1.82, 2.24) is 15.1 Å². The highest BCUT2D eigenvalue weighted by atomic mass is 79.9. The lowest BCUT2D eigenvalue weighted by Gasteiger charge is -2.15. The zero-order chi connectivity index (χ0) is 14.0. The monoisotopic (exact) mass is 329 g/mol. The number of hydrogen-bond donors (Lipinski definition) is 2. The van der Waals surface area contributed by atoms with Crippen molar-refractivity contribution in [3.8, 4) is 0 Å². The first kappa shape index (κ1) is 14.0. The lowest BCUT2D eigenvalue weighted by Crippen LogP contribution is -2.28. The molecule has 6 nitrogen and oxygen atoms in total. The summed E-state index contributed by atoms with van der Waals surface area (Å²) >= 11 is 3.42. The number of carboxylic acid groups (broad SMARTS) is 1. The smallest absolute Gasteiger partial charge is 0.303 e. The number of carboxylic acids is 1. The van der Waals surface area contributed by atoms with Crippen molar-refractivity contribution in [2.45, 2.75) is 31.6 Å². The minimum Gasteiger partial charge on any atom is -0.481 e. The van der Waals surface area contributed by atoms with E-state index in [0.29, 0.717) is 24.6 Å². The molecule has 7 heteroatoms. The van der Waals surface area contributed by atoms with E-state index in [4.69, 9.17) is 5.11 Å². The maximum absolute atomic E-state index is 12.2. The Labute approximate surface area is 119 Å². The van der Waals surface area contributed by atoms with Gasteiger partial charge in [-0.15, -0.1) is 0 Å². The summed E-state index contributed by atoms with van der Waals surface area (Å²) in [6, 6.07) is 0. The molecule has 104 valence electrons. The minimum absolute atomic E-state index is 0.0622. The summed E-state index contributed by atoms with van der Waals surface area (Å²) in [4.78, 5) is 24.1. The molecule has 1 aliphatic rings. The van der Waals surface area contributed by atoms with Crippen LogP contribution in [0.25, 0.3) is 0 Å². The van der Waals surface area contributed by atoms with E-state index in [1.807, 2.05) is 0 Å². The lowest BCUT2D eigenvalue weighted by atomic mass is 10.2. The molecule has 0 radical (unpaired) electrons. The summed E-state index contributed by atoms with van der Waals surface area (Å²) in [6.45, 7) is 0.406. The van der Waals surface area contributed by atoms with Crippen LogP contribution in [-0.2, 0) is 4.79 Å². The van der Waals surface area contributed by atoms with Crippen LogP contribution in [0, 0.1) is 0 Å². The van der Waals surface area contributed by atoms with Crippen molar-refractivity contribution < 1.29 is 14.7 Å². The van der Waals surface area contributed by atoms with E-state index in [0.717, 1.165) is 23.0 Å². The van der Waals surface area contributed by atoms with E-state index in [1.54, 1.807) is 7.05 Å². The van der Waals surface area contributed by atoms with Crippen LogP contribution in [0.4, 0.5) is 0 Å². The van der Waals surface area contributed by atoms with Crippen molar-refractivity contribution in [1.29, 1.82) is 0 Å². The molecule has 19 heavy (non-hydrogen) atoms. The second kappa shape index (κ2) is 5.73. The first-order valence-corrected chi connectivity index (χ1v) is 7.01. The van der Waals surface area contributed by atoms with E-state index in [1.165, 1.54) is 4.90 Å². The maximum atomic E-state index is 12.2. The molecular formula is C12H16BrN3O3. The first-order chi connectivity index (χ1) is 9.00. The second-order valence-electron chi connectivity index (χ2n) is 4.80.